The molecule has 11 nitrogen and oxygen atoms in total. The predicted octanol–water partition coefficient (Wildman–Crippen LogP) is 6.72. The van der Waals surface area contributed by atoms with Gasteiger partial charge in [0.1, 0.15) is 12.3 Å². The van der Waals surface area contributed by atoms with Gasteiger partial charge in [-0.05, 0) is 89.7 Å². The van der Waals surface area contributed by atoms with Crippen molar-refractivity contribution in [2.45, 2.75) is 58.5 Å². The van der Waals surface area contributed by atoms with Gasteiger partial charge in [-0.25, -0.2) is 27.9 Å². The zero-order valence-electron chi connectivity index (χ0n) is 27.7. The molecule has 0 aliphatic heterocycles. The van der Waals surface area contributed by atoms with Crippen molar-refractivity contribution in [1.29, 1.82) is 0 Å². The van der Waals surface area contributed by atoms with Crippen LogP contribution in [0.4, 0.5) is 5.95 Å². The molecule has 0 bridgehead atoms. The summed E-state index contributed by atoms with van der Waals surface area (Å²) in [6, 6.07) is 16.7. The Morgan fingerprint density at radius 3 is 2.42 bits per heavy atom. The van der Waals surface area contributed by atoms with E-state index in [-0.39, 0.29) is 40.4 Å². The van der Waals surface area contributed by atoms with E-state index >= 15 is 0 Å². The van der Waals surface area contributed by atoms with Crippen LogP contribution in [0.5, 0.6) is 5.88 Å². The SMILES string of the molecule is Cc1cccc(C)c1-c1cc(OC[C@@H](CC(C)(C)C)NCc2ccc3c(I)cn(C)c3n2)nc(NS(=O)(=O)c2cccc(C(=O)O)c2)n1. The van der Waals surface area contributed by atoms with Crippen LogP contribution in [-0.2, 0) is 23.6 Å². The molecule has 3 heterocycles. The van der Waals surface area contributed by atoms with E-state index in [9.17, 15) is 18.3 Å². The number of sulfonamides is 1. The number of hydrogen-bond acceptors (Lipinski definition) is 8. The molecule has 48 heavy (non-hydrogen) atoms. The Morgan fingerprint density at radius 1 is 1.02 bits per heavy atom. The predicted molar refractivity (Wildman–Crippen MR) is 195 cm³/mol. The highest BCUT2D eigenvalue weighted by Crippen LogP contribution is 2.30. The monoisotopic (exact) mass is 782 g/mol. The third-order valence-corrected chi connectivity index (χ3v) is 9.94. The Labute approximate surface area is 294 Å². The van der Waals surface area contributed by atoms with Crippen LogP contribution in [0, 0.1) is 22.8 Å². The average molecular weight is 783 g/mol. The first-order valence-electron chi connectivity index (χ1n) is 15.4. The Balaban J connectivity index is 1.43. The molecule has 0 aliphatic rings. The number of aromatic nitrogens is 4. The topological polar surface area (TPSA) is 148 Å². The fraction of sp³-hybridized carbons (Fsp3) is 0.314. The van der Waals surface area contributed by atoms with Crippen LogP contribution >= 0.6 is 22.6 Å². The number of carbonyl (C=O) groups is 1. The van der Waals surface area contributed by atoms with Crippen LogP contribution in [0.25, 0.3) is 22.3 Å². The van der Waals surface area contributed by atoms with Gasteiger partial charge in [0.05, 0.1) is 21.8 Å². The molecule has 0 saturated heterocycles. The van der Waals surface area contributed by atoms with Gasteiger partial charge in [0.15, 0.2) is 0 Å². The van der Waals surface area contributed by atoms with Gasteiger partial charge in [-0.1, -0.05) is 45.0 Å². The standard InChI is InChI=1S/C35H39IN6O5S/c1-21-9-7-10-22(2)31(21)29-16-30(40-34(39-29)41-48(45,46)26-12-8-11-23(15-26)33(43)44)47-20-25(17-35(3,4)5)37-18-24-13-14-27-28(36)19-42(6)32(27)38-24/h7-16,19,25,37H,17-18,20H2,1-6H3,(H,43,44)(H,39,40,41)/t25-/m1/s1. The number of fused-ring (bicyclic) bond motifs is 1. The van der Waals surface area contributed by atoms with Gasteiger partial charge in [-0.15, -0.1) is 0 Å². The summed E-state index contributed by atoms with van der Waals surface area (Å²) in [5, 5.41) is 14.1. The highest BCUT2D eigenvalue weighted by Gasteiger charge is 2.23. The molecule has 252 valence electrons. The molecule has 2 aromatic carbocycles. The molecule has 0 unspecified atom stereocenters. The first-order valence-corrected chi connectivity index (χ1v) is 17.9. The number of ether oxygens (including phenoxy) is 1. The smallest absolute Gasteiger partial charge is 0.335 e. The van der Waals surface area contributed by atoms with Gasteiger partial charge >= 0.3 is 5.97 Å². The number of benzene rings is 2. The van der Waals surface area contributed by atoms with Crippen LogP contribution in [0.15, 0.2) is 71.8 Å². The van der Waals surface area contributed by atoms with E-state index in [2.05, 4.69) is 75.6 Å². The maximum atomic E-state index is 13.4. The molecule has 5 aromatic rings. The minimum absolute atomic E-state index is 0.0208. The largest absolute Gasteiger partial charge is 0.478 e. The van der Waals surface area contributed by atoms with Gasteiger partial charge in [0.2, 0.25) is 11.8 Å². The quantitative estimate of drug-likeness (QED) is 0.117. The van der Waals surface area contributed by atoms with Gasteiger partial charge in [-0.2, -0.15) is 4.98 Å². The van der Waals surface area contributed by atoms with Crippen LogP contribution < -0.4 is 14.8 Å². The highest BCUT2D eigenvalue weighted by atomic mass is 127. The number of aromatic carboxylic acids is 1. The van der Waals surface area contributed by atoms with Gasteiger partial charge in [-0.3, -0.25) is 0 Å². The lowest BCUT2D eigenvalue weighted by Gasteiger charge is -2.27. The first-order chi connectivity index (χ1) is 22.6. The second-order valence-electron chi connectivity index (χ2n) is 13.0. The molecule has 1 atom stereocenters. The second kappa shape index (κ2) is 14.2. The zero-order valence-corrected chi connectivity index (χ0v) is 30.7. The maximum Gasteiger partial charge on any atom is 0.335 e. The maximum absolute atomic E-state index is 13.4. The number of aryl methyl sites for hydroxylation is 3. The van der Waals surface area contributed by atoms with E-state index < -0.39 is 16.0 Å². The summed E-state index contributed by atoms with van der Waals surface area (Å²) in [5.74, 6) is -1.24. The molecule has 0 saturated carbocycles. The van der Waals surface area contributed by atoms with Crippen molar-refractivity contribution in [2.75, 3.05) is 11.3 Å². The molecule has 3 N–H and O–H groups in total. The number of halogens is 1. The van der Waals surface area contributed by atoms with Crippen LogP contribution in [0.1, 0.15) is 54.4 Å². The van der Waals surface area contributed by atoms with E-state index in [0.717, 1.165) is 49.5 Å². The lowest BCUT2D eigenvalue weighted by atomic mass is 9.88. The van der Waals surface area contributed by atoms with E-state index in [1.807, 2.05) is 49.7 Å². The number of nitrogens with zero attached hydrogens (tertiary/aromatic N) is 4. The summed E-state index contributed by atoms with van der Waals surface area (Å²) < 4.78 is 38.6. The molecule has 13 heteroatoms. The summed E-state index contributed by atoms with van der Waals surface area (Å²) in [6.45, 7) is 11.2. The van der Waals surface area contributed by atoms with Crippen molar-refractivity contribution in [3.8, 4) is 17.1 Å². The van der Waals surface area contributed by atoms with Crippen molar-refractivity contribution in [3.63, 3.8) is 0 Å². The minimum Gasteiger partial charge on any atom is -0.478 e. The number of rotatable bonds is 12. The van der Waals surface area contributed by atoms with Crippen LogP contribution in [0.3, 0.4) is 0 Å². The van der Waals surface area contributed by atoms with Crippen molar-refractivity contribution in [3.05, 3.63) is 92.8 Å². The van der Waals surface area contributed by atoms with Crippen molar-refractivity contribution >= 4 is 55.6 Å². The minimum atomic E-state index is -4.23. The summed E-state index contributed by atoms with van der Waals surface area (Å²) in [7, 11) is -2.25. The highest BCUT2D eigenvalue weighted by molar-refractivity contribution is 14.1. The van der Waals surface area contributed by atoms with Crippen molar-refractivity contribution < 1.29 is 23.1 Å². The fourth-order valence-corrected chi connectivity index (χ4v) is 7.40. The first kappa shape index (κ1) is 35.2. The van der Waals surface area contributed by atoms with E-state index in [1.165, 1.54) is 18.2 Å². The van der Waals surface area contributed by atoms with Crippen molar-refractivity contribution in [1.82, 2.24) is 24.8 Å². The molecule has 0 amide bonds. The Morgan fingerprint density at radius 2 is 1.73 bits per heavy atom. The summed E-state index contributed by atoms with van der Waals surface area (Å²) >= 11 is 2.32. The van der Waals surface area contributed by atoms with Gasteiger partial charge in [0.25, 0.3) is 10.0 Å². The Hall–Kier alpha value is -4.08. The molecular weight excluding hydrogens is 743 g/mol. The fourth-order valence-electron chi connectivity index (χ4n) is 5.57. The van der Waals surface area contributed by atoms with E-state index in [0.29, 0.717) is 12.2 Å². The lowest BCUT2D eigenvalue weighted by Crippen LogP contribution is -2.37. The summed E-state index contributed by atoms with van der Waals surface area (Å²) in [4.78, 5) is 25.1. The molecule has 3 aromatic heterocycles. The summed E-state index contributed by atoms with van der Waals surface area (Å²) in [6.07, 6.45) is 2.84. The normalized spacial score (nSPS) is 12.6. The third kappa shape index (κ3) is 8.49. The number of pyridine rings is 1. The Kier molecular flexibility index (Phi) is 10.4. The Bertz CT molecular complexity index is 2070. The van der Waals surface area contributed by atoms with Gasteiger partial charge in [0, 0.05) is 46.4 Å². The number of nitrogens with one attached hydrogen (secondary N) is 2. The van der Waals surface area contributed by atoms with Crippen LogP contribution in [0.2, 0.25) is 0 Å². The lowest BCUT2D eigenvalue weighted by molar-refractivity contribution is 0.0696. The molecule has 0 aliphatic carbocycles. The number of carboxylic acids is 1. The number of hydrogen-bond donors (Lipinski definition) is 3. The zero-order chi connectivity index (χ0) is 34.8. The van der Waals surface area contributed by atoms with E-state index in [4.69, 9.17) is 9.72 Å². The number of anilines is 1. The van der Waals surface area contributed by atoms with Crippen molar-refractivity contribution in [2.24, 2.45) is 12.5 Å². The number of carboxylic acid groups (broad SMARTS) is 1. The molecular formula is C35H39IN6O5S. The molecule has 0 radical (unpaired) electrons. The average Bonchev–Trinajstić information content (AvgIpc) is 3.29. The van der Waals surface area contributed by atoms with E-state index in [1.54, 1.807) is 6.07 Å². The molecule has 0 spiro atoms. The van der Waals surface area contributed by atoms with Gasteiger partial charge < -0.3 is 19.7 Å². The third-order valence-electron chi connectivity index (χ3n) is 7.75. The molecule has 0 fully saturated rings. The summed E-state index contributed by atoms with van der Waals surface area (Å²) in [5.41, 5.74) is 4.88. The molecule has 5 rings (SSSR count). The van der Waals surface area contributed by atoms with Crippen LogP contribution in [-0.4, -0.2) is 51.7 Å². The second-order valence-corrected chi connectivity index (χ2v) is 15.9.